The second kappa shape index (κ2) is 5.75. The zero-order valence-electron chi connectivity index (χ0n) is 9.89. The standard InChI is InChI=1S/C14H17NO2/c1-2-14(16)13-5-3-12(4-6-13)11-15-7-9-17-10-8-15/h2-6H,1,7-11H2. The Morgan fingerprint density at radius 3 is 2.53 bits per heavy atom. The fourth-order valence-corrected chi connectivity index (χ4v) is 1.91. The number of ketones is 1. The van der Waals surface area contributed by atoms with Gasteiger partial charge in [-0.2, -0.15) is 0 Å². The van der Waals surface area contributed by atoms with Crippen LogP contribution in [0, 0.1) is 0 Å². The number of ether oxygens (including phenoxy) is 1. The monoisotopic (exact) mass is 231 g/mol. The van der Waals surface area contributed by atoms with Crippen LogP contribution in [0.1, 0.15) is 15.9 Å². The van der Waals surface area contributed by atoms with E-state index < -0.39 is 0 Å². The van der Waals surface area contributed by atoms with Crippen molar-refractivity contribution in [3.63, 3.8) is 0 Å². The largest absolute Gasteiger partial charge is 0.379 e. The second-order valence-electron chi connectivity index (χ2n) is 4.15. The maximum Gasteiger partial charge on any atom is 0.185 e. The van der Waals surface area contributed by atoms with Gasteiger partial charge < -0.3 is 4.74 Å². The van der Waals surface area contributed by atoms with E-state index in [1.807, 2.05) is 24.3 Å². The summed E-state index contributed by atoms with van der Waals surface area (Å²) in [5.41, 5.74) is 1.93. The molecule has 0 saturated carbocycles. The molecule has 0 radical (unpaired) electrons. The summed E-state index contributed by atoms with van der Waals surface area (Å²) in [7, 11) is 0. The van der Waals surface area contributed by atoms with Crippen LogP contribution in [-0.2, 0) is 11.3 Å². The predicted octanol–water partition coefficient (Wildman–Crippen LogP) is 1.89. The SMILES string of the molecule is C=CC(=O)c1ccc(CN2CCOCC2)cc1. The molecule has 1 fully saturated rings. The molecule has 1 heterocycles. The average molecular weight is 231 g/mol. The van der Waals surface area contributed by atoms with E-state index in [0.717, 1.165) is 32.8 Å². The fourth-order valence-electron chi connectivity index (χ4n) is 1.91. The fraction of sp³-hybridized carbons (Fsp3) is 0.357. The Bertz CT molecular complexity index is 391. The lowest BCUT2D eigenvalue weighted by molar-refractivity contribution is 0.0342. The Morgan fingerprint density at radius 2 is 1.94 bits per heavy atom. The molecule has 0 unspecified atom stereocenters. The second-order valence-corrected chi connectivity index (χ2v) is 4.15. The molecule has 3 heteroatoms. The van der Waals surface area contributed by atoms with Crippen molar-refractivity contribution in [2.45, 2.75) is 6.54 Å². The molecular weight excluding hydrogens is 214 g/mol. The zero-order chi connectivity index (χ0) is 12.1. The van der Waals surface area contributed by atoms with Crippen molar-refractivity contribution in [1.29, 1.82) is 0 Å². The van der Waals surface area contributed by atoms with Crippen LogP contribution in [0.15, 0.2) is 36.9 Å². The number of morpholine rings is 1. The Hall–Kier alpha value is -1.45. The first-order valence-electron chi connectivity index (χ1n) is 5.85. The van der Waals surface area contributed by atoms with Gasteiger partial charge in [0.25, 0.3) is 0 Å². The first-order valence-corrected chi connectivity index (χ1v) is 5.85. The normalized spacial score (nSPS) is 16.7. The Labute approximate surface area is 102 Å². The molecule has 0 atom stereocenters. The van der Waals surface area contributed by atoms with Gasteiger partial charge in [0.05, 0.1) is 13.2 Å². The molecule has 0 N–H and O–H groups in total. The lowest BCUT2D eigenvalue weighted by Crippen LogP contribution is -2.35. The highest BCUT2D eigenvalue weighted by atomic mass is 16.5. The van der Waals surface area contributed by atoms with Crippen LogP contribution in [0.2, 0.25) is 0 Å². The van der Waals surface area contributed by atoms with E-state index >= 15 is 0 Å². The highest BCUT2D eigenvalue weighted by molar-refractivity contribution is 6.04. The van der Waals surface area contributed by atoms with Gasteiger partial charge in [0, 0.05) is 25.2 Å². The van der Waals surface area contributed by atoms with Gasteiger partial charge in [-0.15, -0.1) is 0 Å². The van der Waals surface area contributed by atoms with Gasteiger partial charge in [0.2, 0.25) is 0 Å². The number of rotatable bonds is 4. The third-order valence-corrected chi connectivity index (χ3v) is 2.93. The van der Waals surface area contributed by atoms with E-state index in [1.165, 1.54) is 11.6 Å². The molecule has 1 aliphatic heterocycles. The van der Waals surface area contributed by atoms with Crippen molar-refractivity contribution < 1.29 is 9.53 Å². The average Bonchev–Trinajstić information content (AvgIpc) is 2.40. The highest BCUT2D eigenvalue weighted by Crippen LogP contribution is 2.09. The summed E-state index contributed by atoms with van der Waals surface area (Å²) in [6.07, 6.45) is 1.34. The van der Waals surface area contributed by atoms with Crippen LogP contribution in [0.3, 0.4) is 0 Å². The number of carbonyl (C=O) groups is 1. The molecule has 0 amide bonds. The summed E-state index contributed by atoms with van der Waals surface area (Å²) >= 11 is 0. The zero-order valence-corrected chi connectivity index (χ0v) is 9.89. The third-order valence-electron chi connectivity index (χ3n) is 2.93. The lowest BCUT2D eigenvalue weighted by atomic mass is 10.1. The van der Waals surface area contributed by atoms with Gasteiger partial charge in [0.15, 0.2) is 5.78 Å². The van der Waals surface area contributed by atoms with E-state index in [9.17, 15) is 4.79 Å². The van der Waals surface area contributed by atoms with Gasteiger partial charge in [-0.3, -0.25) is 9.69 Å². The van der Waals surface area contributed by atoms with Gasteiger partial charge in [0.1, 0.15) is 0 Å². The Kier molecular flexibility index (Phi) is 4.07. The molecule has 3 nitrogen and oxygen atoms in total. The summed E-state index contributed by atoms with van der Waals surface area (Å²) < 4.78 is 5.31. The van der Waals surface area contributed by atoms with Gasteiger partial charge in [-0.05, 0) is 11.6 Å². The van der Waals surface area contributed by atoms with Crippen LogP contribution in [0.25, 0.3) is 0 Å². The van der Waals surface area contributed by atoms with E-state index in [1.54, 1.807) is 0 Å². The minimum atomic E-state index is -0.0251. The maximum absolute atomic E-state index is 11.4. The van der Waals surface area contributed by atoms with Crippen molar-refractivity contribution in [1.82, 2.24) is 4.90 Å². The lowest BCUT2D eigenvalue weighted by Gasteiger charge is -2.26. The van der Waals surface area contributed by atoms with Crippen LogP contribution >= 0.6 is 0 Å². The van der Waals surface area contributed by atoms with Crippen LogP contribution < -0.4 is 0 Å². The molecule has 0 aromatic heterocycles. The predicted molar refractivity (Wildman–Crippen MR) is 67.1 cm³/mol. The minimum absolute atomic E-state index is 0.0251. The van der Waals surface area contributed by atoms with Crippen molar-refractivity contribution in [2.24, 2.45) is 0 Å². The van der Waals surface area contributed by atoms with Crippen molar-refractivity contribution in [2.75, 3.05) is 26.3 Å². The van der Waals surface area contributed by atoms with Crippen molar-refractivity contribution in [3.8, 4) is 0 Å². The number of nitrogens with zero attached hydrogens (tertiary/aromatic N) is 1. The van der Waals surface area contributed by atoms with Crippen molar-refractivity contribution in [3.05, 3.63) is 48.0 Å². The summed E-state index contributed by atoms with van der Waals surface area (Å²) in [4.78, 5) is 13.7. The van der Waals surface area contributed by atoms with Gasteiger partial charge in [-0.1, -0.05) is 30.8 Å². The summed E-state index contributed by atoms with van der Waals surface area (Å²) in [5, 5.41) is 0. The van der Waals surface area contributed by atoms with E-state index in [4.69, 9.17) is 4.74 Å². The molecular formula is C14H17NO2. The van der Waals surface area contributed by atoms with Crippen LogP contribution in [0.4, 0.5) is 0 Å². The Morgan fingerprint density at radius 1 is 1.29 bits per heavy atom. The van der Waals surface area contributed by atoms with Crippen LogP contribution in [-0.4, -0.2) is 37.0 Å². The van der Waals surface area contributed by atoms with E-state index in [0.29, 0.717) is 5.56 Å². The number of benzene rings is 1. The Balaban J connectivity index is 1.97. The first kappa shape index (κ1) is 12.0. The number of hydrogen-bond acceptors (Lipinski definition) is 3. The number of carbonyl (C=O) groups excluding carboxylic acids is 1. The molecule has 1 aromatic carbocycles. The van der Waals surface area contributed by atoms with E-state index in [2.05, 4.69) is 11.5 Å². The highest BCUT2D eigenvalue weighted by Gasteiger charge is 2.10. The molecule has 0 spiro atoms. The molecule has 1 saturated heterocycles. The molecule has 2 rings (SSSR count). The smallest absolute Gasteiger partial charge is 0.185 e. The molecule has 17 heavy (non-hydrogen) atoms. The van der Waals surface area contributed by atoms with Gasteiger partial charge in [-0.25, -0.2) is 0 Å². The third kappa shape index (κ3) is 3.25. The van der Waals surface area contributed by atoms with E-state index in [-0.39, 0.29) is 5.78 Å². The summed E-state index contributed by atoms with van der Waals surface area (Å²) in [5.74, 6) is -0.0251. The summed E-state index contributed by atoms with van der Waals surface area (Å²) in [6.45, 7) is 7.99. The summed E-state index contributed by atoms with van der Waals surface area (Å²) in [6, 6.07) is 7.73. The molecule has 0 bridgehead atoms. The topological polar surface area (TPSA) is 29.5 Å². The molecule has 1 aliphatic rings. The van der Waals surface area contributed by atoms with Crippen molar-refractivity contribution >= 4 is 5.78 Å². The molecule has 90 valence electrons. The van der Waals surface area contributed by atoms with Gasteiger partial charge >= 0.3 is 0 Å². The minimum Gasteiger partial charge on any atom is -0.379 e. The number of hydrogen-bond donors (Lipinski definition) is 0. The number of allylic oxidation sites excluding steroid dienone is 1. The maximum atomic E-state index is 11.4. The first-order chi connectivity index (χ1) is 8.29. The molecule has 1 aromatic rings. The van der Waals surface area contributed by atoms with Crippen LogP contribution in [0.5, 0.6) is 0 Å². The molecule has 0 aliphatic carbocycles. The quantitative estimate of drug-likeness (QED) is 0.585.